The highest BCUT2D eigenvalue weighted by Gasteiger charge is 2.21. The monoisotopic (exact) mass is 230 g/mol. The van der Waals surface area contributed by atoms with Crippen LogP contribution in [0.25, 0.3) is 0 Å². The van der Waals surface area contributed by atoms with E-state index < -0.39 is 10.0 Å². The number of hydrogen-bond acceptors (Lipinski definition) is 4. The Morgan fingerprint density at radius 2 is 2.13 bits per heavy atom. The van der Waals surface area contributed by atoms with Gasteiger partial charge < -0.3 is 9.64 Å². The van der Waals surface area contributed by atoms with Gasteiger partial charge in [-0.15, -0.1) is 0 Å². The van der Waals surface area contributed by atoms with Crippen molar-refractivity contribution in [3.8, 4) is 0 Å². The lowest BCUT2D eigenvalue weighted by atomic mass is 10.1. The van der Waals surface area contributed by atoms with Crippen LogP contribution in [0.4, 0.5) is 0 Å². The molecule has 2 heterocycles. The predicted molar refractivity (Wildman–Crippen MR) is 57.1 cm³/mol. The molecule has 1 saturated heterocycles. The first-order valence-corrected chi connectivity index (χ1v) is 6.43. The average Bonchev–Trinajstić information content (AvgIpc) is 2.50. The summed E-state index contributed by atoms with van der Waals surface area (Å²) in [6.45, 7) is 1.98. The van der Waals surface area contributed by atoms with Crippen molar-refractivity contribution >= 4 is 16.2 Å². The second-order valence-corrected chi connectivity index (χ2v) is 5.37. The molecule has 0 aromatic rings. The van der Waals surface area contributed by atoms with E-state index in [1.807, 2.05) is 0 Å². The molecule has 2 aliphatic heterocycles. The Labute approximate surface area is 89.5 Å². The van der Waals surface area contributed by atoms with Crippen molar-refractivity contribution in [2.45, 2.75) is 18.9 Å². The molecule has 5 nitrogen and oxygen atoms in total. The van der Waals surface area contributed by atoms with E-state index in [0.717, 1.165) is 31.3 Å². The van der Waals surface area contributed by atoms with Crippen molar-refractivity contribution in [3.63, 3.8) is 0 Å². The number of sulfonamides is 1. The van der Waals surface area contributed by atoms with Crippen LogP contribution in [0, 0.1) is 0 Å². The Morgan fingerprint density at radius 3 is 2.67 bits per heavy atom. The first-order chi connectivity index (χ1) is 7.05. The summed E-state index contributed by atoms with van der Waals surface area (Å²) in [5.74, 6) is 0.365. The fraction of sp³-hybridized carbons (Fsp3) is 0.667. The van der Waals surface area contributed by atoms with E-state index in [2.05, 4.69) is 16.3 Å². The summed E-state index contributed by atoms with van der Waals surface area (Å²) >= 11 is 0. The van der Waals surface area contributed by atoms with Gasteiger partial charge in [0.05, 0.1) is 11.6 Å². The number of rotatable bonds is 2. The molecule has 84 valence electrons. The summed E-state index contributed by atoms with van der Waals surface area (Å²) in [4.78, 5) is 2.23. The van der Waals surface area contributed by atoms with Gasteiger partial charge in [0.2, 0.25) is 0 Å². The fourth-order valence-corrected chi connectivity index (χ4v) is 2.41. The molecule has 0 saturated carbocycles. The zero-order valence-corrected chi connectivity index (χ0v) is 9.40. The normalized spacial score (nSPS) is 26.6. The van der Waals surface area contributed by atoms with Gasteiger partial charge in [0.25, 0.3) is 10.0 Å². The summed E-state index contributed by atoms with van der Waals surface area (Å²) < 4.78 is 30.8. The van der Waals surface area contributed by atoms with Crippen LogP contribution in [0.1, 0.15) is 12.8 Å². The SMILES string of the molecule is CN1CCC(OC2=CS(=O)(=O)N=C2)CC1. The zero-order chi connectivity index (χ0) is 10.9. The van der Waals surface area contributed by atoms with E-state index in [-0.39, 0.29) is 6.10 Å². The van der Waals surface area contributed by atoms with Crippen molar-refractivity contribution in [2.24, 2.45) is 4.40 Å². The van der Waals surface area contributed by atoms with Gasteiger partial charge in [-0.2, -0.15) is 12.8 Å². The van der Waals surface area contributed by atoms with Crippen LogP contribution in [0.15, 0.2) is 15.6 Å². The van der Waals surface area contributed by atoms with Crippen molar-refractivity contribution in [2.75, 3.05) is 20.1 Å². The maximum Gasteiger partial charge on any atom is 0.279 e. The molecule has 2 aliphatic rings. The fourth-order valence-electron chi connectivity index (χ4n) is 1.69. The van der Waals surface area contributed by atoms with Gasteiger partial charge in [0, 0.05) is 13.1 Å². The second-order valence-electron chi connectivity index (χ2n) is 3.89. The molecule has 0 aromatic heterocycles. The molecule has 0 spiro atoms. The number of nitrogens with zero attached hydrogens (tertiary/aromatic N) is 2. The summed E-state index contributed by atoms with van der Waals surface area (Å²) in [7, 11) is -1.32. The molecular formula is C9H14N2O3S. The van der Waals surface area contributed by atoms with Crippen molar-refractivity contribution in [1.29, 1.82) is 0 Å². The molecule has 0 bridgehead atoms. The van der Waals surface area contributed by atoms with Crippen LogP contribution in [0.5, 0.6) is 0 Å². The molecule has 0 unspecified atom stereocenters. The van der Waals surface area contributed by atoms with Crippen molar-refractivity contribution < 1.29 is 13.2 Å². The van der Waals surface area contributed by atoms with Gasteiger partial charge in [-0.3, -0.25) is 0 Å². The summed E-state index contributed by atoms with van der Waals surface area (Å²) in [5, 5.41) is 1.07. The number of piperidine rings is 1. The molecule has 0 aromatic carbocycles. The predicted octanol–water partition coefficient (Wildman–Crippen LogP) is 0.353. The van der Waals surface area contributed by atoms with Gasteiger partial charge in [-0.1, -0.05) is 0 Å². The van der Waals surface area contributed by atoms with Gasteiger partial charge in [-0.25, -0.2) is 0 Å². The maximum absolute atomic E-state index is 11.0. The Hall–Kier alpha value is -0.880. The highest BCUT2D eigenvalue weighted by atomic mass is 32.2. The standard InChI is InChI=1S/C9H14N2O3S/c1-11-4-2-8(3-5-11)14-9-6-10-15(12,13)7-9/h6-8H,2-5H2,1H3. The molecule has 0 atom stereocenters. The molecule has 0 aliphatic carbocycles. The third kappa shape index (κ3) is 2.79. The third-order valence-corrected chi connectivity index (χ3v) is 3.49. The second kappa shape index (κ2) is 3.94. The van der Waals surface area contributed by atoms with Crippen LogP contribution < -0.4 is 0 Å². The summed E-state index contributed by atoms with van der Waals surface area (Å²) in [6.07, 6.45) is 3.25. The third-order valence-electron chi connectivity index (χ3n) is 2.56. The van der Waals surface area contributed by atoms with Crippen molar-refractivity contribution in [3.05, 3.63) is 11.2 Å². The maximum atomic E-state index is 11.0. The quantitative estimate of drug-likeness (QED) is 0.687. The van der Waals surface area contributed by atoms with E-state index in [1.54, 1.807) is 0 Å². The molecule has 0 radical (unpaired) electrons. The van der Waals surface area contributed by atoms with E-state index in [0.29, 0.717) is 5.76 Å². The molecule has 15 heavy (non-hydrogen) atoms. The van der Waals surface area contributed by atoms with Gasteiger partial charge >= 0.3 is 0 Å². The Balaban J connectivity index is 1.92. The van der Waals surface area contributed by atoms with Gasteiger partial charge in [0.15, 0.2) is 5.76 Å². The topological polar surface area (TPSA) is 59.0 Å². The van der Waals surface area contributed by atoms with Crippen molar-refractivity contribution in [1.82, 2.24) is 4.90 Å². The minimum Gasteiger partial charge on any atom is -0.488 e. The number of allylic oxidation sites excluding steroid dienone is 1. The average molecular weight is 230 g/mol. The Bertz CT molecular complexity index is 392. The molecule has 0 amide bonds. The van der Waals surface area contributed by atoms with E-state index in [1.165, 1.54) is 6.21 Å². The van der Waals surface area contributed by atoms with E-state index >= 15 is 0 Å². The van der Waals surface area contributed by atoms with Crippen LogP contribution in [-0.4, -0.2) is 45.8 Å². The highest BCUT2D eigenvalue weighted by Crippen LogP contribution is 2.18. The number of hydrogen-bond donors (Lipinski definition) is 0. The molecule has 0 N–H and O–H groups in total. The van der Waals surface area contributed by atoms with E-state index in [4.69, 9.17) is 4.74 Å². The van der Waals surface area contributed by atoms with Crippen LogP contribution in [0.2, 0.25) is 0 Å². The smallest absolute Gasteiger partial charge is 0.279 e. The van der Waals surface area contributed by atoms with Crippen LogP contribution in [0.3, 0.4) is 0 Å². The lowest BCUT2D eigenvalue weighted by Crippen LogP contribution is -2.34. The minimum absolute atomic E-state index is 0.118. The number of ether oxygens (including phenoxy) is 1. The number of likely N-dealkylation sites (tertiary alicyclic amines) is 1. The Morgan fingerprint density at radius 1 is 1.47 bits per heavy atom. The summed E-state index contributed by atoms with van der Waals surface area (Å²) in [6, 6.07) is 0. The summed E-state index contributed by atoms with van der Waals surface area (Å²) in [5.41, 5.74) is 0. The van der Waals surface area contributed by atoms with Crippen LogP contribution >= 0.6 is 0 Å². The minimum atomic E-state index is -3.39. The zero-order valence-electron chi connectivity index (χ0n) is 8.59. The van der Waals surface area contributed by atoms with Crippen LogP contribution in [-0.2, 0) is 14.8 Å². The highest BCUT2D eigenvalue weighted by molar-refractivity contribution is 7.93. The molecule has 2 rings (SSSR count). The van der Waals surface area contributed by atoms with Gasteiger partial charge in [0.1, 0.15) is 6.10 Å². The largest absolute Gasteiger partial charge is 0.488 e. The lowest BCUT2D eigenvalue weighted by Gasteiger charge is -2.29. The molecular weight excluding hydrogens is 216 g/mol. The molecule has 1 fully saturated rings. The van der Waals surface area contributed by atoms with E-state index in [9.17, 15) is 8.42 Å². The first kappa shape index (κ1) is 10.6. The Kier molecular flexibility index (Phi) is 2.79. The molecule has 6 heteroatoms. The lowest BCUT2D eigenvalue weighted by molar-refractivity contribution is 0.0688. The van der Waals surface area contributed by atoms with Gasteiger partial charge in [-0.05, 0) is 19.9 Å². The first-order valence-electron chi connectivity index (χ1n) is 4.92.